The Balaban J connectivity index is 4.27. The molecule has 0 radical (unpaired) electrons. The normalized spacial score (nSPS) is 12.2. The smallest absolute Gasteiger partial charge is 0.303 e. The first-order valence-corrected chi connectivity index (χ1v) is 5.77. The summed E-state index contributed by atoms with van der Waals surface area (Å²) in [5.74, 6) is -1.23. The maximum Gasteiger partial charge on any atom is 0.303 e. The highest BCUT2D eigenvalue weighted by molar-refractivity contribution is 5.82. The largest absolute Gasteiger partial charge is 0.481 e. The standard InChI is InChI=1S/C11H22N2O5/c1-17-7-5-13(6-8-18-2)11(16)9(12)3-4-10(14)15/h9H,3-8,12H2,1-2H3,(H,14,15). The molecule has 0 aliphatic carbocycles. The van der Waals surface area contributed by atoms with Crippen molar-refractivity contribution in [1.29, 1.82) is 0 Å². The van der Waals surface area contributed by atoms with Gasteiger partial charge in [-0.15, -0.1) is 0 Å². The van der Waals surface area contributed by atoms with Gasteiger partial charge in [-0.05, 0) is 6.42 Å². The van der Waals surface area contributed by atoms with E-state index in [1.807, 2.05) is 0 Å². The Kier molecular flexibility index (Phi) is 9.17. The van der Waals surface area contributed by atoms with Gasteiger partial charge < -0.3 is 25.2 Å². The minimum Gasteiger partial charge on any atom is -0.481 e. The molecule has 18 heavy (non-hydrogen) atoms. The van der Waals surface area contributed by atoms with Crippen LogP contribution in [0.5, 0.6) is 0 Å². The number of nitrogens with two attached hydrogens (primary N) is 1. The summed E-state index contributed by atoms with van der Waals surface area (Å²) in [6.45, 7) is 1.64. The lowest BCUT2D eigenvalue weighted by Gasteiger charge is -2.25. The maximum absolute atomic E-state index is 12.0. The van der Waals surface area contributed by atoms with E-state index in [1.54, 1.807) is 14.2 Å². The van der Waals surface area contributed by atoms with Gasteiger partial charge in [-0.2, -0.15) is 0 Å². The van der Waals surface area contributed by atoms with Crippen molar-refractivity contribution in [3.05, 3.63) is 0 Å². The number of carbonyl (C=O) groups excluding carboxylic acids is 1. The van der Waals surface area contributed by atoms with E-state index in [9.17, 15) is 9.59 Å². The predicted molar refractivity (Wildman–Crippen MR) is 65.2 cm³/mol. The summed E-state index contributed by atoms with van der Waals surface area (Å²) in [5.41, 5.74) is 5.67. The third-order valence-electron chi connectivity index (χ3n) is 2.43. The molecule has 0 bridgehead atoms. The fraction of sp³-hybridized carbons (Fsp3) is 0.818. The van der Waals surface area contributed by atoms with Crippen LogP contribution in [0.4, 0.5) is 0 Å². The number of methoxy groups -OCH3 is 2. The van der Waals surface area contributed by atoms with Crippen molar-refractivity contribution in [2.45, 2.75) is 18.9 Å². The Morgan fingerprint density at radius 3 is 2.11 bits per heavy atom. The molecule has 0 saturated heterocycles. The number of carbonyl (C=O) groups is 2. The number of amides is 1. The van der Waals surface area contributed by atoms with Gasteiger partial charge in [0.15, 0.2) is 0 Å². The molecule has 0 aromatic rings. The lowest BCUT2D eigenvalue weighted by Crippen LogP contribution is -2.46. The van der Waals surface area contributed by atoms with E-state index in [1.165, 1.54) is 4.90 Å². The molecule has 7 heteroatoms. The molecule has 0 saturated carbocycles. The van der Waals surface area contributed by atoms with E-state index < -0.39 is 12.0 Å². The highest BCUT2D eigenvalue weighted by Crippen LogP contribution is 2.01. The van der Waals surface area contributed by atoms with Gasteiger partial charge in [0.05, 0.1) is 19.3 Å². The third kappa shape index (κ3) is 7.21. The second kappa shape index (κ2) is 9.81. The van der Waals surface area contributed by atoms with E-state index in [0.29, 0.717) is 26.3 Å². The number of rotatable bonds is 10. The van der Waals surface area contributed by atoms with Crippen molar-refractivity contribution >= 4 is 11.9 Å². The van der Waals surface area contributed by atoms with E-state index >= 15 is 0 Å². The van der Waals surface area contributed by atoms with Crippen LogP contribution in [0, 0.1) is 0 Å². The molecule has 0 aromatic heterocycles. The van der Waals surface area contributed by atoms with E-state index in [4.69, 9.17) is 20.3 Å². The minimum atomic E-state index is -0.960. The summed E-state index contributed by atoms with van der Waals surface area (Å²) in [6.07, 6.45) is 0.0138. The maximum atomic E-state index is 12.0. The highest BCUT2D eigenvalue weighted by atomic mass is 16.5. The first-order chi connectivity index (χ1) is 8.52. The van der Waals surface area contributed by atoms with Gasteiger partial charge >= 0.3 is 5.97 Å². The van der Waals surface area contributed by atoms with Crippen molar-refractivity contribution in [2.75, 3.05) is 40.5 Å². The number of carboxylic acid groups (broad SMARTS) is 1. The summed E-state index contributed by atoms with van der Waals surface area (Å²) >= 11 is 0. The van der Waals surface area contributed by atoms with Crippen molar-refractivity contribution in [3.63, 3.8) is 0 Å². The zero-order valence-electron chi connectivity index (χ0n) is 10.9. The van der Waals surface area contributed by atoms with Gasteiger partial charge in [-0.25, -0.2) is 0 Å². The molecule has 0 rings (SSSR count). The van der Waals surface area contributed by atoms with Crippen LogP contribution in [0.2, 0.25) is 0 Å². The second-order valence-corrected chi connectivity index (χ2v) is 3.85. The number of hydrogen-bond donors (Lipinski definition) is 2. The lowest BCUT2D eigenvalue weighted by atomic mass is 10.1. The fourth-order valence-corrected chi connectivity index (χ4v) is 1.37. The molecule has 7 nitrogen and oxygen atoms in total. The molecule has 1 atom stereocenters. The summed E-state index contributed by atoms with van der Waals surface area (Å²) in [4.78, 5) is 23.9. The van der Waals surface area contributed by atoms with Gasteiger partial charge in [-0.1, -0.05) is 0 Å². The van der Waals surface area contributed by atoms with Gasteiger partial charge in [0.2, 0.25) is 5.91 Å². The van der Waals surface area contributed by atoms with Crippen LogP contribution in [-0.2, 0) is 19.1 Å². The first-order valence-electron chi connectivity index (χ1n) is 5.77. The number of aliphatic carboxylic acids is 1. The fourth-order valence-electron chi connectivity index (χ4n) is 1.37. The molecule has 1 amide bonds. The van der Waals surface area contributed by atoms with Crippen LogP contribution >= 0.6 is 0 Å². The van der Waals surface area contributed by atoms with Crippen molar-refractivity contribution in [1.82, 2.24) is 4.90 Å². The summed E-state index contributed by atoms with van der Waals surface area (Å²) in [7, 11) is 3.09. The Morgan fingerprint density at radius 2 is 1.72 bits per heavy atom. The summed E-state index contributed by atoms with van der Waals surface area (Å²) < 4.78 is 9.82. The van der Waals surface area contributed by atoms with E-state index in [-0.39, 0.29) is 18.7 Å². The Morgan fingerprint density at radius 1 is 1.22 bits per heavy atom. The average Bonchev–Trinajstić information content (AvgIpc) is 2.35. The Bertz CT molecular complexity index is 252. The molecule has 3 N–H and O–H groups in total. The molecule has 0 heterocycles. The van der Waals surface area contributed by atoms with Crippen LogP contribution in [0.25, 0.3) is 0 Å². The van der Waals surface area contributed by atoms with Crippen LogP contribution < -0.4 is 5.73 Å². The summed E-state index contributed by atoms with van der Waals surface area (Å²) in [6, 6.07) is -0.796. The first kappa shape index (κ1) is 16.8. The number of hydrogen-bond acceptors (Lipinski definition) is 5. The van der Waals surface area contributed by atoms with Gasteiger partial charge in [0.1, 0.15) is 0 Å². The van der Waals surface area contributed by atoms with Crippen molar-refractivity contribution in [3.8, 4) is 0 Å². The molecular weight excluding hydrogens is 240 g/mol. The molecule has 1 unspecified atom stereocenters. The molecule has 0 spiro atoms. The summed E-state index contributed by atoms with van der Waals surface area (Å²) in [5, 5.41) is 8.55. The zero-order valence-corrected chi connectivity index (χ0v) is 10.9. The zero-order chi connectivity index (χ0) is 14.0. The van der Waals surface area contributed by atoms with Crippen LogP contribution in [0.15, 0.2) is 0 Å². The average molecular weight is 262 g/mol. The van der Waals surface area contributed by atoms with Gasteiger partial charge in [-0.3, -0.25) is 9.59 Å². The minimum absolute atomic E-state index is 0.116. The second-order valence-electron chi connectivity index (χ2n) is 3.85. The lowest BCUT2D eigenvalue weighted by molar-refractivity contribution is -0.138. The predicted octanol–water partition coefficient (Wildman–Crippen LogP) is -0.700. The SMILES string of the molecule is COCCN(CCOC)C(=O)C(N)CCC(=O)O. The monoisotopic (exact) mass is 262 g/mol. The molecule has 0 aliphatic heterocycles. The van der Waals surface area contributed by atoms with Crippen molar-refractivity contribution < 1.29 is 24.2 Å². The quantitative estimate of drug-likeness (QED) is 0.540. The van der Waals surface area contributed by atoms with Crippen LogP contribution in [0.3, 0.4) is 0 Å². The number of ether oxygens (including phenoxy) is 2. The van der Waals surface area contributed by atoms with Crippen molar-refractivity contribution in [2.24, 2.45) is 5.73 Å². The van der Waals surface area contributed by atoms with E-state index in [0.717, 1.165) is 0 Å². The highest BCUT2D eigenvalue weighted by Gasteiger charge is 2.21. The number of nitrogens with zero attached hydrogens (tertiary/aromatic N) is 1. The molecule has 0 fully saturated rings. The third-order valence-corrected chi connectivity index (χ3v) is 2.43. The Hall–Kier alpha value is -1.18. The molecule has 0 aliphatic rings. The van der Waals surface area contributed by atoms with Crippen LogP contribution in [0.1, 0.15) is 12.8 Å². The van der Waals surface area contributed by atoms with Gasteiger partial charge in [0, 0.05) is 33.7 Å². The van der Waals surface area contributed by atoms with Gasteiger partial charge in [0.25, 0.3) is 0 Å². The molecular formula is C11H22N2O5. The van der Waals surface area contributed by atoms with E-state index in [2.05, 4.69) is 0 Å². The van der Waals surface area contributed by atoms with Crippen LogP contribution in [-0.4, -0.2) is 68.4 Å². The molecule has 106 valence electrons. The number of carboxylic acids is 1. The molecule has 0 aromatic carbocycles. The topological polar surface area (TPSA) is 102 Å². The Labute approximate surface area is 107 Å².